The summed E-state index contributed by atoms with van der Waals surface area (Å²) in [6, 6.07) is 2.82. The average molecular weight is 359 g/mol. The van der Waals surface area contributed by atoms with E-state index in [9.17, 15) is 19.5 Å². The van der Waals surface area contributed by atoms with Crippen molar-refractivity contribution in [2.24, 2.45) is 5.41 Å². The molecule has 0 radical (unpaired) electrons. The number of carboxylic acids is 1. The predicted molar refractivity (Wildman–Crippen MR) is 94.6 cm³/mol. The van der Waals surface area contributed by atoms with E-state index >= 15 is 0 Å². The Morgan fingerprint density at radius 3 is 2.50 bits per heavy atom. The number of pyridine rings is 1. The maximum Gasteiger partial charge on any atom is 0.326 e. The van der Waals surface area contributed by atoms with Gasteiger partial charge in [0.2, 0.25) is 5.91 Å². The molecule has 2 amide bonds. The van der Waals surface area contributed by atoms with Crippen LogP contribution < -0.4 is 0 Å². The molecule has 26 heavy (non-hydrogen) atoms. The van der Waals surface area contributed by atoms with Crippen LogP contribution in [0, 0.1) is 12.3 Å². The summed E-state index contributed by atoms with van der Waals surface area (Å²) in [4.78, 5) is 43.6. The minimum Gasteiger partial charge on any atom is -0.480 e. The van der Waals surface area contributed by atoms with Crippen LogP contribution in [0.15, 0.2) is 18.3 Å². The number of rotatable bonds is 3. The van der Waals surface area contributed by atoms with E-state index in [2.05, 4.69) is 4.98 Å². The van der Waals surface area contributed by atoms with Gasteiger partial charge in [0.15, 0.2) is 0 Å². The zero-order chi connectivity index (χ0) is 18.9. The van der Waals surface area contributed by atoms with Gasteiger partial charge in [-0.3, -0.25) is 14.6 Å². The molecule has 2 fully saturated rings. The van der Waals surface area contributed by atoms with Crippen LogP contribution in [-0.2, 0) is 9.59 Å². The van der Waals surface area contributed by atoms with Crippen LogP contribution in [0.2, 0.25) is 0 Å². The van der Waals surface area contributed by atoms with E-state index in [-0.39, 0.29) is 17.2 Å². The van der Waals surface area contributed by atoms with E-state index < -0.39 is 12.0 Å². The molecular formula is C19H25N3O4. The third-order valence-corrected chi connectivity index (χ3v) is 5.79. The van der Waals surface area contributed by atoms with Crippen molar-refractivity contribution >= 4 is 17.8 Å². The average Bonchev–Trinajstić information content (AvgIpc) is 2.64. The molecule has 1 aromatic rings. The molecule has 1 aromatic heterocycles. The van der Waals surface area contributed by atoms with Crippen LogP contribution in [0.1, 0.15) is 48.7 Å². The second-order valence-corrected chi connectivity index (χ2v) is 7.52. The fraction of sp³-hybridized carbons (Fsp3) is 0.579. The van der Waals surface area contributed by atoms with Gasteiger partial charge in [-0.15, -0.1) is 0 Å². The number of carboxylic acid groups (broad SMARTS) is 1. The van der Waals surface area contributed by atoms with Crippen molar-refractivity contribution in [3.05, 3.63) is 29.6 Å². The third kappa shape index (κ3) is 3.57. The first-order valence-corrected chi connectivity index (χ1v) is 9.06. The minimum absolute atomic E-state index is 0.0185. The summed E-state index contributed by atoms with van der Waals surface area (Å²) in [5.41, 5.74) is 1.38. The van der Waals surface area contributed by atoms with E-state index in [4.69, 9.17) is 0 Å². The molecule has 0 saturated carbocycles. The Balaban J connectivity index is 1.65. The number of amides is 2. The first kappa shape index (κ1) is 18.4. The van der Waals surface area contributed by atoms with Gasteiger partial charge in [-0.1, -0.05) is 0 Å². The van der Waals surface area contributed by atoms with Gasteiger partial charge in [0, 0.05) is 37.9 Å². The molecule has 7 nitrogen and oxygen atoms in total. The van der Waals surface area contributed by atoms with Gasteiger partial charge in [0.1, 0.15) is 6.04 Å². The van der Waals surface area contributed by atoms with Gasteiger partial charge >= 0.3 is 5.97 Å². The number of aliphatic carboxylic acids is 1. The highest BCUT2D eigenvalue weighted by atomic mass is 16.4. The largest absolute Gasteiger partial charge is 0.480 e. The molecule has 2 aliphatic rings. The highest BCUT2D eigenvalue weighted by molar-refractivity contribution is 5.94. The fourth-order valence-corrected chi connectivity index (χ4v) is 3.90. The topological polar surface area (TPSA) is 90.8 Å². The number of hydrogen-bond acceptors (Lipinski definition) is 4. The molecule has 0 aromatic carbocycles. The Hall–Kier alpha value is -2.44. The standard InChI is InChI=1S/C19H25N3O4/c1-13-3-4-15(11-20-13)17(24)21-9-7-19(8-10-21)6-5-16(23)22(12-19)14(2)18(25)26/h3-4,11,14H,5-10,12H2,1-2H3,(H,25,26). The van der Waals surface area contributed by atoms with Gasteiger partial charge in [0.05, 0.1) is 5.56 Å². The lowest BCUT2D eigenvalue weighted by molar-refractivity contribution is -0.154. The number of aryl methyl sites for hydroxylation is 1. The summed E-state index contributed by atoms with van der Waals surface area (Å²) < 4.78 is 0. The van der Waals surface area contributed by atoms with Gasteiger partial charge in [0.25, 0.3) is 5.91 Å². The normalized spacial score (nSPS) is 20.9. The predicted octanol–water partition coefficient (Wildman–Crippen LogP) is 1.71. The second kappa shape index (κ2) is 7.05. The number of carbonyl (C=O) groups is 3. The number of piperidine rings is 2. The number of hydrogen-bond donors (Lipinski definition) is 1. The monoisotopic (exact) mass is 359 g/mol. The van der Waals surface area contributed by atoms with Crippen LogP contribution in [0.4, 0.5) is 0 Å². The quantitative estimate of drug-likeness (QED) is 0.887. The Morgan fingerprint density at radius 1 is 1.23 bits per heavy atom. The fourth-order valence-electron chi connectivity index (χ4n) is 3.90. The lowest BCUT2D eigenvalue weighted by Gasteiger charge is -2.48. The van der Waals surface area contributed by atoms with Gasteiger partial charge in [-0.2, -0.15) is 0 Å². The highest BCUT2D eigenvalue weighted by Gasteiger charge is 2.43. The Bertz CT molecular complexity index is 708. The molecule has 3 heterocycles. The van der Waals surface area contributed by atoms with Crippen LogP contribution in [0.3, 0.4) is 0 Å². The zero-order valence-electron chi connectivity index (χ0n) is 15.3. The van der Waals surface area contributed by atoms with Crippen molar-refractivity contribution < 1.29 is 19.5 Å². The van der Waals surface area contributed by atoms with Crippen LogP contribution in [0.5, 0.6) is 0 Å². The summed E-state index contributed by atoms with van der Waals surface area (Å²) in [7, 11) is 0. The Labute approximate surface area is 153 Å². The zero-order valence-corrected chi connectivity index (χ0v) is 15.3. The molecule has 0 bridgehead atoms. The van der Waals surface area contributed by atoms with Gasteiger partial charge in [-0.05, 0) is 50.7 Å². The molecule has 3 rings (SSSR count). The van der Waals surface area contributed by atoms with Crippen molar-refractivity contribution in [3.63, 3.8) is 0 Å². The van der Waals surface area contributed by atoms with Crippen molar-refractivity contribution in [1.82, 2.24) is 14.8 Å². The van der Waals surface area contributed by atoms with Crippen LogP contribution >= 0.6 is 0 Å². The second-order valence-electron chi connectivity index (χ2n) is 7.52. The van der Waals surface area contributed by atoms with Crippen molar-refractivity contribution in [2.75, 3.05) is 19.6 Å². The molecule has 1 atom stereocenters. The van der Waals surface area contributed by atoms with E-state index in [1.165, 1.54) is 4.90 Å². The molecule has 140 valence electrons. The summed E-state index contributed by atoms with van der Waals surface area (Å²) >= 11 is 0. The number of nitrogens with zero attached hydrogens (tertiary/aromatic N) is 3. The van der Waals surface area contributed by atoms with E-state index in [1.54, 1.807) is 19.2 Å². The van der Waals surface area contributed by atoms with Crippen molar-refractivity contribution in [3.8, 4) is 0 Å². The minimum atomic E-state index is -0.977. The van der Waals surface area contributed by atoms with Crippen molar-refractivity contribution in [1.29, 1.82) is 0 Å². The van der Waals surface area contributed by atoms with Crippen LogP contribution in [0.25, 0.3) is 0 Å². The van der Waals surface area contributed by atoms with E-state index in [0.29, 0.717) is 31.6 Å². The van der Waals surface area contributed by atoms with E-state index in [1.807, 2.05) is 17.9 Å². The molecule has 2 aliphatic heterocycles. The molecule has 0 aliphatic carbocycles. The molecular weight excluding hydrogens is 334 g/mol. The molecule has 1 unspecified atom stereocenters. The maximum absolute atomic E-state index is 12.6. The first-order chi connectivity index (χ1) is 12.3. The lowest BCUT2D eigenvalue weighted by atomic mass is 9.72. The van der Waals surface area contributed by atoms with Gasteiger partial charge in [-0.25, -0.2) is 4.79 Å². The Kier molecular flexibility index (Phi) is 4.98. The van der Waals surface area contributed by atoms with E-state index in [0.717, 1.165) is 25.0 Å². The maximum atomic E-state index is 12.6. The lowest BCUT2D eigenvalue weighted by Crippen LogP contribution is -2.55. The number of aromatic nitrogens is 1. The first-order valence-electron chi connectivity index (χ1n) is 9.06. The SMILES string of the molecule is Cc1ccc(C(=O)N2CCC3(CCC(=O)N(C(C)C(=O)O)C3)CC2)cn1. The van der Waals surface area contributed by atoms with Crippen LogP contribution in [-0.4, -0.2) is 63.4 Å². The molecule has 1 N–H and O–H groups in total. The molecule has 2 saturated heterocycles. The Morgan fingerprint density at radius 2 is 1.92 bits per heavy atom. The summed E-state index contributed by atoms with van der Waals surface area (Å²) in [6.07, 6.45) is 4.33. The van der Waals surface area contributed by atoms with Gasteiger partial charge < -0.3 is 14.9 Å². The summed E-state index contributed by atoms with van der Waals surface area (Å²) in [5, 5.41) is 9.25. The smallest absolute Gasteiger partial charge is 0.326 e. The van der Waals surface area contributed by atoms with Crippen molar-refractivity contribution in [2.45, 2.75) is 45.6 Å². The number of likely N-dealkylation sites (tertiary alicyclic amines) is 2. The molecule has 1 spiro atoms. The summed E-state index contributed by atoms with van der Waals surface area (Å²) in [5.74, 6) is -1.08. The highest BCUT2D eigenvalue weighted by Crippen LogP contribution is 2.41. The third-order valence-electron chi connectivity index (χ3n) is 5.79. The number of carbonyl (C=O) groups excluding carboxylic acids is 2. The molecule has 7 heteroatoms. The summed E-state index contributed by atoms with van der Waals surface area (Å²) in [6.45, 7) is 5.15.